The van der Waals surface area contributed by atoms with Gasteiger partial charge in [-0.2, -0.15) is 4.98 Å². The number of nitrogens with zero attached hydrogens (tertiary/aromatic N) is 3. The lowest BCUT2D eigenvalue weighted by atomic mass is 9.82. The zero-order chi connectivity index (χ0) is 17.5. The average Bonchev–Trinajstić information content (AvgIpc) is 3.32. The third-order valence-electron chi connectivity index (χ3n) is 5.15. The second-order valence-electron chi connectivity index (χ2n) is 7.47. The minimum atomic E-state index is -3.37. The lowest BCUT2D eigenvalue weighted by Gasteiger charge is -2.37. The van der Waals surface area contributed by atoms with Gasteiger partial charge in [0.15, 0.2) is 5.82 Å². The van der Waals surface area contributed by atoms with Crippen molar-refractivity contribution in [1.82, 2.24) is 14.4 Å². The molecule has 2 aliphatic rings. The van der Waals surface area contributed by atoms with Gasteiger partial charge in [0.2, 0.25) is 15.9 Å². The van der Waals surface area contributed by atoms with Crippen molar-refractivity contribution in [2.75, 3.05) is 13.1 Å². The Hall–Kier alpha value is -1.73. The van der Waals surface area contributed by atoms with Gasteiger partial charge in [-0.25, -0.2) is 12.7 Å². The topological polar surface area (TPSA) is 76.3 Å². The van der Waals surface area contributed by atoms with E-state index in [-0.39, 0.29) is 5.75 Å². The van der Waals surface area contributed by atoms with Gasteiger partial charge in [0.1, 0.15) is 0 Å². The van der Waals surface area contributed by atoms with Crippen molar-refractivity contribution < 1.29 is 12.9 Å². The molecule has 6 nitrogen and oxygen atoms in total. The summed E-state index contributed by atoms with van der Waals surface area (Å²) in [6.07, 6.45) is 3.89. The summed E-state index contributed by atoms with van der Waals surface area (Å²) < 4.78 is 32.7. The van der Waals surface area contributed by atoms with Gasteiger partial charge in [-0.3, -0.25) is 0 Å². The smallest absolute Gasteiger partial charge is 0.229 e. The van der Waals surface area contributed by atoms with E-state index < -0.39 is 15.4 Å². The molecular formula is C18H23N3O3S. The van der Waals surface area contributed by atoms with Crippen LogP contribution >= 0.6 is 0 Å². The maximum Gasteiger partial charge on any atom is 0.229 e. The molecule has 0 spiro atoms. The van der Waals surface area contributed by atoms with E-state index in [0.717, 1.165) is 31.2 Å². The zero-order valence-electron chi connectivity index (χ0n) is 14.4. The van der Waals surface area contributed by atoms with E-state index in [1.165, 1.54) is 0 Å². The molecule has 4 rings (SSSR count). The molecule has 1 unspecified atom stereocenters. The number of rotatable bonds is 5. The number of hydrogen-bond acceptors (Lipinski definition) is 5. The monoisotopic (exact) mass is 361 g/mol. The van der Waals surface area contributed by atoms with Crippen LogP contribution in [0.15, 0.2) is 34.9 Å². The van der Waals surface area contributed by atoms with Crippen LogP contribution in [0.3, 0.4) is 0 Å². The summed E-state index contributed by atoms with van der Waals surface area (Å²) in [5, 5.41) is 4.17. The van der Waals surface area contributed by atoms with Crippen LogP contribution in [0.25, 0.3) is 0 Å². The molecule has 0 bridgehead atoms. The fourth-order valence-electron chi connectivity index (χ4n) is 3.47. The van der Waals surface area contributed by atoms with Crippen molar-refractivity contribution in [3.63, 3.8) is 0 Å². The number of benzene rings is 1. The Morgan fingerprint density at radius 1 is 1.28 bits per heavy atom. The summed E-state index contributed by atoms with van der Waals surface area (Å²) in [5.41, 5.74) is 0.420. The van der Waals surface area contributed by atoms with Gasteiger partial charge in [-0.15, -0.1) is 0 Å². The Labute approximate surface area is 148 Å². The average molecular weight is 361 g/mol. The first-order chi connectivity index (χ1) is 12.0. The molecule has 1 saturated heterocycles. The summed E-state index contributed by atoms with van der Waals surface area (Å²) in [4.78, 5) is 4.57. The third-order valence-corrected chi connectivity index (χ3v) is 6.95. The molecule has 2 fully saturated rings. The Morgan fingerprint density at radius 3 is 2.76 bits per heavy atom. The molecule has 1 aliphatic carbocycles. The largest absolute Gasteiger partial charge is 0.339 e. The van der Waals surface area contributed by atoms with Crippen molar-refractivity contribution in [1.29, 1.82) is 0 Å². The molecule has 0 N–H and O–H groups in total. The van der Waals surface area contributed by atoms with E-state index >= 15 is 0 Å². The SMILES string of the molecule is CC1(c2noc(C3CC3)n2)CCCN(S(=O)(=O)Cc2ccccc2)C1. The molecule has 1 atom stereocenters. The Bertz CT molecular complexity index is 845. The van der Waals surface area contributed by atoms with Crippen LogP contribution in [0.2, 0.25) is 0 Å². The van der Waals surface area contributed by atoms with Crippen molar-refractivity contribution in [2.24, 2.45) is 0 Å². The number of sulfonamides is 1. The van der Waals surface area contributed by atoms with Crippen LogP contribution in [0.1, 0.15) is 55.8 Å². The molecule has 1 aromatic carbocycles. The Kier molecular flexibility index (Phi) is 4.16. The molecule has 2 aromatic rings. The molecule has 0 amide bonds. The fourth-order valence-corrected chi connectivity index (χ4v) is 5.15. The predicted molar refractivity (Wildman–Crippen MR) is 93.5 cm³/mol. The predicted octanol–water partition coefficient (Wildman–Crippen LogP) is 2.83. The maximum absolute atomic E-state index is 12.9. The van der Waals surface area contributed by atoms with Crippen LogP contribution in [0, 0.1) is 0 Å². The first-order valence-electron chi connectivity index (χ1n) is 8.82. The maximum atomic E-state index is 12.9. The van der Waals surface area contributed by atoms with Crippen molar-refractivity contribution in [2.45, 2.75) is 49.7 Å². The van der Waals surface area contributed by atoms with Crippen LogP contribution in [0.5, 0.6) is 0 Å². The summed E-state index contributed by atoms with van der Waals surface area (Å²) in [7, 11) is -3.37. The molecule has 0 radical (unpaired) electrons. The summed E-state index contributed by atoms with van der Waals surface area (Å²) in [5.74, 6) is 1.80. The highest BCUT2D eigenvalue weighted by molar-refractivity contribution is 7.88. The van der Waals surface area contributed by atoms with Gasteiger partial charge in [0, 0.05) is 24.4 Å². The summed E-state index contributed by atoms with van der Waals surface area (Å²) in [6, 6.07) is 9.32. The molecule has 134 valence electrons. The Balaban J connectivity index is 1.53. The number of piperidine rings is 1. The molecule has 2 heterocycles. The van der Waals surface area contributed by atoms with E-state index in [1.54, 1.807) is 4.31 Å². The lowest BCUT2D eigenvalue weighted by Crippen LogP contribution is -2.47. The van der Waals surface area contributed by atoms with Gasteiger partial charge in [0.05, 0.1) is 5.75 Å². The van der Waals surface area contributed by atoms with Crippen LogP contribution < -0.4 is 0 Å². The van der Waals surface area contributed by atoms with Crippen LogP contribution in [0.4, 0.5) is 0 Å². The molecule has 1 saturated carbocycles. The van der Waals surface area contributed by atoms with Crippen LogP contribution in [-0.4, -0.2) is 36.0 Å². The van der Waals surface area contributed by atoms with Crippen LogP contribution in [-0.2, 0) is 21.2 Å². The van der Waals surface area contributed by atoms with E-state index in [0.29, 0.717) is 30.7 Å². The van der Waals surface area contributed by atoms with Crippen molar-refractivity contribution >= 4 is 10.0 Å². The summed E-state index contributed by atoms with van der Waals surface area (Å²) >= 11 is 0. The van der Waals surface area contributed by atoms with Crippen molar-refractivity contribution in [3.8, 4) is 0 Å². The molecular weight excluding hydrogens is 338 g/mol. The molecule has 1 aromatic heterocycles. The standard InChI is InChI=1S/C18H23N3O3S/c1-18(17-19-16(24-20-17)15-8-9-15)10-5-11-21(13-18)25(22,23)12-14-6-3-2-4-7-14/h2-4,6-7,15H,5,8-13H2,1H3. The van der Waals surface area contributed by atoms with E-state index in [9.17, 15) is 8.42 Å². The summed E-state index contributed by atoms with van der Waals surface area (Å²) in [6.45, 7) is 3.00. The highest BCUT2D eigenvalue weighted by Crippen LogP contribution is 2.41. The first-order valence-corrected chi connectivity index (χ1v) is 10.4. The number of hydrogen-bond donors (Lipinski definition) is 0. The molecule has 25 heavy (non-hydrogen) atoms. The van der Waals surface area contributed by atoms with Gasteiger partial charge in [-0.1, -0.05) is 42.4 Å². The van der Waals surface area contributed by atoms with Gasteiger partial charge >= 0.3 is 0 Å². The van der Waals surface area contributed by atoms with Crippen molar-refractivity contribution in [3.05, 3.63) is 47.6 Å². The second-order valence-corrected chi connectivity index (χ2v) is 9.44. The normalized spacial score (nSPS) is 25.2. The third kappa shape index (κ3) is 3.48. The lowest BCUT2D eigenvalue weighted by molar-refractivity contribution is 0.225. The minimum absolute atomic E-state index is 0.0312. The van der Waals surface area contributed by atoms with Gasteiger partial charge < -0.3 is 4.52 Å². The quantitative estimate of drug-likeness (QED) is 0.818. The first kappa shape index (κ1) is 16.7. The Morgan fingerprint density at radius 2 is 2.04 bits per heavy atom. The zero-order valence-corrected chi connectivity index (χ0v) is 15.2. The minimum Gasteiger partial charge on any atom is -0.339 e. The second kappa shape index (κ2) is 6.21. The highest BCUT2D eigenvalue weighted by atomic mass is 32.2. The number of aromatic nitrogens is 2. The van der Waals surface area contributed by atoms with E-state index in [1.807, 2.05) is 37.3 Å². The van der Waals surface area contributed by atoms with E-state index in [2.05, 4.69) is 10.1 Å². The molecule has 1 aliphatic heterocycles. The van der Waals surface area contributed by atoms with E-state index in [4.69, 9.17) is 4.52 Å². The van der Waals surface area contributed by atoms with Gasteiger partial charge in [-0.05, 0) is 31.2 Å². The molecule has 7 heteroatoms. The highest BCUT2D eigenvalue weighted by Gasteiger charge is 2.41. The van der Waals surface area contributed by atoms with Gasteiger partial charge in [0.25, 0.3) is 0 Å². The fraction of sp³-hybridized carbons (Fsp3) is 0.556.